The lowest BCUT2D eigenvalue weighted by Crippen LogP contribution is -2.41. The number of nitrogens with one attached hydrogen (secondary N) is 1. The second-order valence-electron chi connectivity index (χ2n) is 5.88. The van der Waals surface area contributed by atoms with Crippen molar-refractivity contribution in [2.24, 2.45) is 11.7 Å². The van der Waals surface area contributed by atoms with E-state index >= 15 is 0 Å². The molecule has 2 rings (SSSR count). The molecular formula is C16H22ClN3O2. The van der Waals surface area contributed by atoms with Gasteiger partial charge in [-0.1, -0.05) is 24.1 Å². The van der Waals surface area contributed by atoms with Crippen LogP contribution in [0.3, 0.4) is 0 Å². The standard InChI is InChI=1S/C16H22ClN3O2/c1-20(16(22)11-4-2-6-13(18)8-11)10-15(21)19-14-7-3-5-12(17)9-14/h3,5,7,9,11,13H,2,4,6,8,10,18H2,1H3,(H,19,21). The summed E-state index contributed by atoms with van der Waals surface area (Å²) in [5, 5.41) is 3.29. The van der Waals surface area contributed by atoms with Gasteiger partial charge in [0.05, 0.1) is 6.54 Å². The molecule has 0 radical (unpaired) electrons. The number of carbonyl (C=O) groups excluding carboxylic acids is 2. The molecule has 120 valence electrons. The lowest BCUT2D eigenvalue weighted by Gasteiger charge is -2.29. The normalized spacial score (nSPS) is 21.2. The highest BCUT2D eigenvalue weighted by molar-refractivity contribution is 6.30. The van der Waals surface area contributed by atoms with Crippen molar-refractivity contribution in [2.45, 2.75) is 31.7 Å². The predicted molar refractivity (Wildman–Crippen MR) is 87.7 cm³/mol. The highest BCUT2D eigenvalue weighted by Crippen LogP contribution is 2.24. The summed E-state index contributed by atoms with van der Waals surface area (Å²) >= 11 is 5.87. The number of hydrogen-bond acceptors (Lipinski definition) is 3. The first-order valence-electron chi connectivity index (χ1n) is 7.51. The molecule has 3 N–H and O–H groups in total. The average molecular weight is 324 g/mol. The van der Waals surface area contributed by atoms with Crippen LogP contribution in [0.5, 0.6) is 0 Å². The number of nitrogens with zero attached hydrogens (tertiary/aromatic N) is 1. The Hall–Kier alpha value is -1.59. The number of hydrogen-bond donors (Lipinski definition) is 2. The Labute approximate surface area is 135 Å². The zero-order valence-corrected chi connectivity index (χ0v) is 13.5. The smallest absolute Gasteiger partial charge is 0.243 e. The number of amides is 2. The molecule has 6 heteroatoms. The number of halogens is 1. The minimum Gasteiger partial charge on any atom is -0.336 e. The Morgan fingerprint density at radius 2 is 2.18 bits per heavy atom. The molecule has 0 aliphatic heterocycles. The molecule has 2 atom stereocenters. The highest BCUT2D eigenvalue weighted by atomic mass is 35.5. The Morgan fingerprint density at radius 3 is 2.86 bits per heavy atom. The molecule has 22 heavy (non-hydrogen) atoms. The minimum absolute atomic E-state index is 0.00334. The average Bonchev–Trinajstić information content (AvgIpc) is 2.46. The number of likely N-dealkylation sites (N-methyl/N-ethyl adjacent to an activating group) is 1. The molecule has 1 aliphatic rings. The summed E-state index contributed by atoms with van der Waals surface area (Å²) in [6, 6.07) is 7.01. The summed E-state index contributed by atoms with van der Waals surface area (Å²) in [6.45, 7) is 0.0249. The Kier molecular flexibility index (Phi) is 5.80. The Bertz CT molecular complexity index is 550. The first-order chi connectivity index (χ1) is 10.5. The molecule has 1 aromatic rings. The van der Waals surface area contributed by atoms with E-state index in [4.69, 9.17) is 17.3 Å². The molecule has 1 aromatic carbocycles. The van der Waals surface area contributed by atoms with E-state index in [0.29, 0.717) is 17.1 Å². The number of nitrogens with two attached hydrogens (primary N) is 1. The monoisotopic (exact) mass is 323 g/mol. The van der Waals surface area contributed by atoms with Crippen molar-refractivity contribution in [1.29, 1.82) is 0 Å². The number of benzene rings is 1. The van der Waals surface area contributed by atoms with E-state index in [-0.39, 0.29) is 30.3 Å². The van der Waals surface area contributed by atoms with Gasteiger partial charge in [0.1, 0.15) is 0 Å². The molecule has 1 aliphatic carbocycles. The van der Waals surface area contributed by atoms with Crippen molar-refractivity contribution in [2.75, 3.05) is 18.9 Å². The fourth-order valence-corrected chi connectivity index (χ4v) is 3.01. The lowest BCUT2D eigenvalue weighted by atomic mass is 9.85. The van der Waals surface area contributed by atoms with Crippen molar-refractivity contribution in [3.63, 3.8) is 0 Å². The molecule has 2 amide bonds. The minimum atomic E-state index is -0.238. The van der Waals surface area contributed by atoms with E-state index in [0.717, 1.165) is 19.3 Å². The van der Waals surface area contributed by atoms with E-state index in [1.807, 2.05) is 0 Å². The SMILES string of the molecule is CN(CC(=O)Nc1cccc(Cl)c1)C(=O)C1CCCC(N)C1. The molecule has 0 spiro atoms. The summed E-state index contributed by atoms with van der Waals surface area (Å²) in [4.78, 5) is 25.8. The van der Waals surface area contributed by atoms with Crippen molar-refractivity contribution in [1.82, 2.24) is 4.90 Å². The fraction of sp³-hybridized carbons (Fsp3) is 0.500. The van der Waals surface area contributed by atoms with Crippen LogP contribution in [-0.4, -0.2) is 36.3 Å². The first kappa shape index (κ1) is 16.8. The van der Waals surface area contributed by atoms with Gasteiger partial charge < -0.3 is 16.0 Å². The van der Waals surface area contributed by atoms with Gasteiger partial charge in [0.25, 0.3) is 0 Å². The summed E-state index contributed by atoms with van der Waals surface area (Å²) in [5.41, 5.74) is 6.54. The third-order valence-electron chi connectivity index (χ3n) is 3.93. The zero-order valence-electron chi connectivity index (χ0n) is 12.7. The van der Waals surface area contributed by atoms with E-state index in [1.165, 1.54) is 4.90 Å². The topological polar surface area (TPSA) is 75.4 Å². The molecule has 0 heterocycles. The van der Waals surface area contributed by atoms with E-state index in [9.17, 15) is 9.59 Å². The van der Waals surface area contributed by atoms with Crippen LogP contribution < -0.4 is 11.1 Å². The summed E-state index contributed by atoms with van der Waals surface area (Å²) in [5.74, 6) is -0.303. The molecule has 0 saturated heterocycles. The number of carbonyl (C=O) groups is 2. The molecule has 5 nitrogen and oxygen atoms in total. The maximum absolute atomic E-state index is 12.4. The van der Waals surface area contributed by atoms with Gasteiger partial charge in [-0.3, -0.25) is 9.59 Å². The van der Waals surface area contributed by atoms with E-state index in [1.54, 1.807) is 31.3 Å². The maximum Gasteiger partial charge on any atom is 0.243 e. The number of rotatable bonds is 4. The molecular weight excluding hydrogens is 302 g/mol. The number of anilines is 1. The maximum atomic E-state index is 12.4. The van der Waals surface area contributed by atoms with Crippen molar-refractivity contribution in [3.05, 3.63) is 29.3 Å². The Balaban J connectivity index is 1.86. The largest absolute Gasteiger partial charge is 0.336 e. The predicted octanol–water partition coefficient (Wildman–Crippen LogP) is 2.25. The highest BCUT2D eigenvalue weighted by Gasteiger charge is 2.28. The van der Waals surface area contributed by atoms with E-state index in [2.05, 4.69) is 5.32 Å². The van der Waals surface area contributed by atoms with Gasteiger partial charge in [-0.2, -0.15) is 0 Å². The van der Waals surface area contributed by atoms with Gasteiger partial charge in [0, 0.05) is 29.7 Å². The summed E-state index contributed by atoms with van der Waals surface area (Å²) < 4.78 is 0. The fourth-order valence-electron chi connectivity index (χ4n) is 2.82. The van der Waals surface area contributed by atoms with Gasteiger partial charge in [-0.05, 0) is 37.5 Å². The van der Waals surface area contributed by atoms with Crippen LogP contribution in [0.4, 0.5) is 5.69 Å². The molecule has 1 fully saturated rings. The van der Waals surface area contributed by atoms with Crippen LogP contribution >= 0.6 is 11.6 Å². The van der Waals surface area contributed by atoms with Gasteiger partial charge in [0.2, 0.25) is 11.8 Å². The van der Waals surface area contributed by atoms with Crippen LogP contribution in [0.1, 0.15) is 25.7 Å². The molecule has 0 aromatic heterocycles. The second-order valence-corrected chi connectivity index (χ2v) is 6.31. The third kappa shape index (κ3) is 4.71. The summed E-state index contributed by atoms with van der Waals surface area (Å²) in [7, 11) is 1.65. The van der Waals surface area contributed by atoms with Gasteiger partial charge in [-0.15, -0.1) is 0 Å². The van der Waals surface area contributed by atoms with Crippen molar-refractivity contribution >= 4 is 29.1 Å². The van der Waals surface area contributed by atoms with Crippen LogP contribution in [0.15, 0.2) is 24.3 Å². The molecule has 1 saturated carbocycles. The lowest BCUT2D eigenvalue weighted by molar-refractivity contribution is -0.138. The van der Waals surface area contributed by atoms with Crippen molar-refractivity contribution in [3.8, 4) is 0 Å². The van der Waals surface area contributed by atoms with Crippen LogP contribution in [0.25, 0.3) is 0 Å². The van der Waals surface area contributed by atoms with Gasteiger partial charge >= 0.3 is 0 Å². The van der Waals surface area contributed by atoms with E-state index < -0.39 is 0 Å². The van der Waals surface area contributed by atoms with Crippen LogP contribution in [-0.2, 0) is 9.59 Å². The van der Waals surface area contributed by atoms with Crippen LogP contribution in [0, 0.1) is 5.92 Å². The first-order valence-corrected chi connectivity index (χ1v) is 7.89. The quantitative estimate of drug-likeness (QED) is 0.892. The van der Waals surface area contributed by atoms with Gasteiger partial charge in [-0.25, -0.2) is 0 Å². The molecule has 2 unspecified atom stereocenters. The second kappa shape index (κ2) is 7.61. The van der Waals surface area contributed by atoms with Crippen molar-refractivity contribution < 1.29 is 9.59 Å². The summed E-state index contributed by atoms with van der Waals surface area (Å²) in [6.07, 6.45) is 3.51. The van der Waals surface area contributed by atoms with Gasteiger partial charge in [0.15, 0.2) is 0 Å². The third-order valence-corrected chi connectivity index (χ3v) is 4.16. The van der Waals surface area contributed by atoms with Crippen LogP contribution in [0.2, 0.25) is 5.02 Å². The molecule has 0 bridgehead atoms. The zero-order chi connectivity index (χ0) is 16.1. The Morgan fingerprint density at radius 1 is 1.41 bits per heavy atom.